The van der Waals surface area contributed by atoms with Gasteiger partial charge in [0.15, 0.2) is 0 Å². The van der Waals surface area contributed by atoms with Crippen molar-refractivity contribution < 1.29 is 12.8 Å². The van der Waals surface area contributed by atoms with Crippen LogP contribution in [0.25, 0.3) is 0 Å². The molecule has 0 amide bonds. The maximum atomic E-state index is 13.2. The maximum Gasteiger partial charge on any atom is 0.299 e. The first kappa shape index (κ1) is 11.2. The molecule has 1 aliphatic rings. The van der Waals surface area contributed by atoms with Gasteiger partial charge in [-0.05, 0) is 31.0 Å². The zero-order valence-corrected chi connectivity index (χ0v) is 9.22. The average Bonchev–Trinajstić information content (AvgIpc) is 2.94. The number of halogens is 1. The van der Waals surface area contributed by atoms with E-state index in [0.29, 0.717) is 5.69 Å². The second-order valence-electron chi connectivity index (χ2n) is 3.74. The minimum absolute atomic E-state index is 0.0263. The predicted octanol–water partition coefficient (Wildman–Crippen LogP) is 0.817. The van der Waals surface area contributed by atoms with Crippen molar-refractivity contribution in [3.63, 3.8) is 0 Å². The first-order valence-corrected chi connectivity index (χ1v) is 6.30. The summed E-state index contributed by atoms with van der Waals surface area (Å²) in [6, 6.07) is 3.69. The van der Waals surface area contributed by atoms with Crippen molar-refractivity contribution in [3.05, 3.63) is 24.0 Å². The quantitative estimate of drug-likeness (QED) is 0.686. The highest BCUT2D eigenvalue weighted by molar-refractivity contribution is 7.90. The second-order valence-corrected chi connectivity index (χ2v) is 5.18. The van der Waals surface area contributed by atoms with Gasteiger partial charge in [-0.2, -0.15) is 13.1 Å². The van der Waals surface area contributed by atoms with Crippen LogP contribution in [0.3, 0.4) is 0 Å². The Hall–Kier alpha value is -1.34. The molecule has 0 saturated heterocycles. The van der Waals surface area contributed by atoms with E-state index in [4.69, 9.17) is 5.73 Å². The van der Waals surface area contributed by atoms with Crippen LogP contribution in [0.2, 0.25) is 0 Å². The third-order valence-electron chi connectivity index (χ3n) is 2.13. The molecule has 16 heavy (non-hydrogen) atoms. The molecule has 1 fully saturated rings. The molecule has 0 aromatic heterocycles. The molecule has 5 nitrogen and oxygen atoms in total. The lowest BCUT2D eigenvalue weighted by Crippen LogP contribution is -2.32. The van der Waals surface area contributed by atoms with Gasteiger partial charge in [0, 0.05) is 11.7 Å². The van der Waals surface area contributed by atoms with Crippen LogP contribution in [0.1, 0.15) is 12.8 Å². The highest BCUT2D eigenvalue weighted by atomic mass is 32.2. The van der Waals surface area contributed by atoms with E-state index < -0.39 is 16.0 Å². The number of nitrogens with one attached hydrogen (secondary N) is 2. The lowest BCUT2D eigenvalue weighted by Gasteiger charge is -2.09. The summed E-state index contributed by atoms with van der Waals surface area (Å²) in [5, 5.41) is 0. The summed E-state index contributed by atoms with van der Waals surface area (Å²) in [6.45, 7) is 0. The lowest BCUT2D eigenvalue weighted by molar-refractivity contribution is 0.584. The number of hydrogen-bond donors (Lipinski definition) is 3. The summed E-state index contributed by atoms with van der Waals surface area (Å²) in [5.74, 6) is -0.657. The Balaban J connectivity index is 2.15. The van der Waals surface area contributed by atoms with Crippen LogP contribution in [-0.2, 0) is 10.2 Å². The summed E-state index contributed by atoms with van der Waals surface area (Å²) in [6.07, 6.45) is 1.64. The molecule has 0 unspecified atom stereocenters. The molecule has 1 aliphatic carbocycles. The number of rotatable bonds is 4. The summed E-state index contributed by atoms with van der Waals surface area (Å²) in [7, 11) is -3.71. The molecule has 1 saturated carbocycles. The molecule has 0 radical (unpaired) electrons. The number of nitrogens with two attached hydrogens (primary N) is 1. The minimum Gasteiger partial charge on any atom is -0.399 e. The molecule has 0 atom stereocenters. The van der Waals surface area contributed by atoms with Crippen LogP contribution in [0, 0.1) is 5.82 Å². The predicted molar refractivity (Wildman–Crippen MR) is 59.5 cm³/mol. The van der Waals surface area contributed by atoms with Gasteiger partial charge in [-0.3, -0.25) is 4.72 Å². The van der Waals surface area contributed by atoms with E-state index in [1.54, 1.807) is 0 Å². The molecular weight excluding hydrogens is 233 g/mol. The van der Waals surface area contributed by atoms with Crippen molar-refractivity contribution in [3.8, 4) is 0 Å². The molecular formula is C9H12FN3O2S. The Morgan fingerprint density at radius 2 is 2.06 bits per heavy atom. The number of benzene rings is 1. The third kappa shape index (κ3) is 2.83. The normalized spacial score (nSPS) is 16.1. The summed E-state index contributed by atoms with van der Waals surface area (Å²) >= 11 is 0. The largest absolute Gasteiger partial charge is 0.399 e. The van der Waals surface area contributed by atoms with Gasteiger partial charge in [-0.15, -0.1) is 0 Å². The molecule has 1 aromatic carbocycles. The number of nitrogen functional groups attached to an aromatic ring is 1. The molecule has 88 valence electrons. The lowest BCUT2D eigenvalue weighted by atomic mass is 10.3. The fourth-order valence-electron chi connectivity index (χ4n) is 1.22. The molecule has 0 aliphatic heterocycles. The first-order valence-electron chi connectivity index (χ1n) is 4.81. The monoisotopic (exact) mass is 245 g/mol. The van der Waals surface area contributed by atoms with E-state index in [1.807, 2.05) is 0 Å². The SMILES string of the molecule is Nc1ccc(F)c(NS(=O)(=O)NC2CC2)c1. The van der Waals surface area contributed by atoms with Crippen LogP contribution in [-0.4, -0.2) is 14.5 Å². The molecule has 0 heterocycles. The smallest absolute Gasteiger partial charge is 0.299 e. The second kappa shape index (κ2) is 3.91. The van der Waals surface area contributed by atoms with E-state index in [-0.39, 0.29) is 11.7 Å². The van der Waals surface area contributed by atoms with E-state index in [2.05, 4.69) is 9.44 Å². The number of hydrogen-bond acceptors (Lipinski definition) is 3. The van der Waals surface area contributed by atoms with Crippen molar-refractivity contribution in [2.24, 2.45) is 0 Å². The first-order chi connectivity index (χ1) is 7.46. The Morgan fingerprint density at radius 1 is 1.38 bits per heavy atom. The average molecular weight is 245 g/mol. The highest BCUT2D eigenvalue weighted by Gasteiger charge is 2.27. The van der Waals surface area contributed by atoms with Crippen molar-refractivity contribution >= 4 is 21.6 Å². The van der Waals surface area contributed by atoms with Gasteiger partial charge in [0.2, 0.25) is 0 Å². The maximum absolute atomic E-state index is 13.2. The van der Waals surface area contributed by atoms with Crippen LogP contribution in [0.4, 0.5) is 15.8 Å². The van der Waals surface area contributed by atoms with Crippen LogP contribution < -0.4 is 15.2 Å². The van der Waals surface area contributed by atoms with Gasteiger partial charge >= 0.3 is 0 Å². The summed E-state index contributed by atoms with van der Waals surface area (Å²) in [5.41, 5.74) is 5.59. The van der Waals surface area contributed by atoms with E-state index in [0.717, 1.165) is 18.9 Å². The van der Waals surface area contributed by atoms with Crippen LogP contribution >= 0.6 is 0 Å². The zero-order chi connectivity index (χ0) is 11.8. The van der Waals surface area contributed by atoms with Gasteiger partial charge < -0.3 is 5.73 Å². The van der Waals surface area contributed by atoms with Gasteiger partial charge in [-0.25, -0.2) is 4.39 Å². The third-order valence-corrected chi connectivity index (χ3v) is 3.27. The minimum atomic E-state index is -3.71. The Morgan fingerprint density at radius 3 is 2.69 bits per heavy atom. The highest BCUT2D eigenvalue weighted by Crippen LogP contribution is 2.22. The summed E-state index contributed by atoms with van der Waals surface area (Å²) < 4.78 is 40.7. The molecule has 0 bridgehead atoms. The van der Waals surface area contributed by atoms with Crippen LogP contribution in [0.15, 0.2) is 18.2 Å². The fraction of sp³-hybridized carbons (Fsp3) is 0.333. The fourth-order valence-corrected chi connectivity index (χ4v) is 2.40. The molecule has 7 heteroatoms. The number of anilines is 2. The standard InChI is InChI=1S/C9H12FN3O2S/c10-8-4-1-6(11)5-9(8)13-16(14,15)12-7-2-3-7/h1,4-5,7,12-13H,2-3,11H2. The van der Waals surface area contributed by atoms with Crippen LogP contribution in [0.5, 0.6) is 0 Å². The zero-order valence-electron chi connectivity index (χ0n) is 8.40. The summed E-state index contributed by atoms with van der Waals surface area (Å²) in [4.78, 5) is 0. The van der Waals surface area contributed by atoms with Crippen molar-refractivity contribution in [1.29, 1.82) is 0 Å². The molecule has 0 spiro atoms. The molecule has 2 rings (SSSR count). The Bertz CT molecular complexity index is 499. The van der Waals surface area contributed by atoms with Crippen molar-refractivity contribution in [2.45, 2.75) is 18.9 Å². The van der Waals surface area contributed by atoms with E-state index in [1.165, 1.54) is 12.1 Å². The molecule has 4 N–H and O–H groups in total. The Labute approximate surface area is 93.0 Å². The van der Waals surface area contributed by atoms with Gasteiger partial charge in [0.05, 0.1) is 5.69 Å². The van der Waals surface area contributed by atoms with Crippen molar-refractivity contribution in [1.82, 2.24) is 4.72 Å². The Kier molecular flexibility index (Phi) is 2.73. The van der Waals surface area contributed by atoms with Crippen molar-refractivity contribution in [2.75, 3.05) is 10.5 Å². The molecule has 1 aromatic rings. The van der Waals surface area contributed by atoms with Gasteiger partial charge in [0.1, 0.15) is 5.82 Å². The van der Waals surface area contributed by atoms with E-state index >= 15 is 0 Å². The topological polar surface area (TPSA) is 84.2 Å². The van der Waals surface area contributed by atoms with Gasteiger partial charge in [0.25, 0.3) is 10.2 Å². The van der Waals surface area contributed by atoms with Gasteiger partial charge in [-0.1, -0.05) is 0 Å². The van der Waals surface area contributed by atoms with E-state index in [9.17, 15) is 12.8 Å².